The Balaban J connectivity index is 2.73. The summed E-state index contributed by atoms with van der Waals surface area (Å²) in [6.45, 7) is 4.07. The first-order valence-corrected chi connectivity index (χ1v) is 4.30. The van der Waals surface area contributed by atoms with E-state index in [1.54, 1.807) is 18.3 Å². The lowest BCUT2D eigenvalue weighted by molar-refractivity contribution is 0.242. The van der Waals surface area contributed by atoms with E-state index in [2.05, 4.69) is 4.98 Å². The van der Waals surface area contributed by atoms with Crippen LogP contribution in [0.5, 0.6) is 5.75 Å². The van der Waals surface area contributed by atoms with Gasteiger partial charge in [-0.15, -0.1) is 0 Å². The first kappa shape index (κ1) is 10.5. The molecule has 0 amide bonds. The van der Waals surface area contributed by atoms with E-state index in [1.807, 2.05) is 19.9 Å². The zero-order valence-electron chi connectivity index (χ0n) is 8.32. The molecular weight excluding hydrogens is 178 g/mol. The molecule has 0 radical (unpaired) electrons. The zero-order valence-corrected chi connectivity index (χ0v) is 8.32. The summed E-state index contributed by atoms with van der Waals surface area (Å²) in [5.41, 5.74) is 5.62. The second-order valence-corrected chi connectivity index (χ2v) is 3.74. The molecule has 74 valence electrons. The van der Waals surface area contributed by atoms with E-state index in [0.29, 0.717) is 12.4 Å². The minimum Gasteiger partial charge on any atom is -0.489 e. The number of hydrogen-bond acceptors (Lipinski definition) is 4. The molecule has 1 heterocycles. The molecular formula is C10H13N3O. The Hall–Kier alpha value is -1.60. The van der Waals surface area contributed by atoms with Crippen molar-refractivity contribution in [2.45, 2.75) is 19.4 Å². The molecule has 0 aliphatic rings. The Bertz CT molecular complexity index is 349. The van der Waals surface area contributed by atoms with Crippen molar-refractivity contribution >= 4 is 0 Å². The van der Waals surface area contributed by atoms with Crippen LogP contribution in [-0.2, 0) is 0 Å². The van der Waals surface area contributed by atoms with Crippen molar-refractivity contribution in [3.63, 3.8) is 0 Å². The highest BCUT2D eigenvalue weighted by molar-refractivity contribution is 5.36. The Kier molecular flexibility index (Phi) is 3.05. The number of rotatable bonds is 3. The van der Waals surface area contributed by atoms with Crippen LogP contribution in [0.25, 0.3) is 0 Å². The van der Waals surface area contributed by atoms with Crippen LogP contribution < -0.4 is 10.5 Å². The van der Waals surface area contributed by atoms with Crippen molar-refractivity contribution < 1.29 is 4.74 Å². The minimum atomic E-state index is -0.414. The van der Waals surface area contributed by atoms with Crippen molar-refractivity contribution in [3.8, 4) is 11.8 Å². The second kappa shape index (κ2) is 4.07. The third-order valence-electron chi connectivity index (χ3n) is 1.48. The van der Waals surface area contributed by atoms with E-state index >= 15 is 0 Å². The Morgan fingerprint density at radius 3 is 2.93 bits per heavy atom. The molecule has 14 heavy (non-hydrogen) atoms. The topological polar surface area (TPSA) is 71.9 Å². The number of nitrogens with zero attached hydrogens (tertiary/aromatic N) is 2. The lowest BCUT2D eigenvalue weighted by atomic mass is 10.1. The van der Waals surface area contributed by atoms with Crippen LogP contribution in [0.4, 0.5) is 0 Å². The van der Waals surface area contributed by atoms with Crippen LogP contribution in [0.1, 0.15) is 19.5 Å². The fourth-order valence-corrected chi connectivity index (χ4v) is 0.855. The fraction of sp³-hybridized carbons (Fsp3) is 0.400. The predicted octanol–water partition coefficient (Wildman–Crippen LogP) is 1.07. The van der Waals surface area contributed by atoms with Gasteiger partial charge < -0.3 is 10.5 Å². The van der Waals surface area contributed by atoms with Crippen molar-refractivity contribution in [1.29, 1.82) is 5.26 Å². The Morgan fingerprint density at radius 1 is 1.64 bits per heavy atom. The maximum absolute atomic E-state index is 8.72. The van der Waals surface area contributed by atoms with Gasteiger partial charge in [0.15, 0.2) is 11.4 Å². The van der Waals surface area contributed by atoms with E-state index in [0.717, 1.165) is 0 Å². The lowest BCUT2D eigenvalue weighted by Gasteiger charge is -2.18. The maximum atomic E-state index is 8.72. The van der Waals surface area contributed by atoms with Gasteiger partial charge in [-0.2, -0.15) is 5.26 Å². The number of ether oxygens (including phenoxy) is 1. The van der Waals surface area contributed by atoms with Gasteiger partial charge in [-0.25, -0.2) is 4.98 Å². The minimum absolute atomic E-state index is 0.289. The van der Waals surface area contributed by atoms with Crippen LogP contribution in [-0.4, -0.2) is 17.1 Å². The molecule has 1 aromatic rings. The van der Waals surface area contributed by atoms with Gasteiger partial charge in [-0.1, -0.05) is 0 Å². The van der Waals surface area contributed by atoms with Crippen LogP contribution in [0.15, 0.2) is 18.3 Å². The molecule has 0 aliphatic heterocycles. The van der Waals surface area contributed by atoms with E-state index < -0.39 is 5.54 Å². The highest BCUT2D eigenvalue weighted by Gasteiger charge is 2.13. The molecule has 1 rings (SSSR count). The predicted molar refractivity (Wildman–Crippen MR) is 52.7 cm³/mol. The van der Waals surface area contributed by atoms with Gasteiger partial charge in [0.25, 0.3) is 0 Å². The number of aromatic nitrogens is 1. The highest BCUT2D eigenvalue weighted by atomic mass is 16.5. The van der Waals surface area contributed by atoms with Gasteiger partial charge in [0.2, 0.25) is 0 Å². The lowest BCUT2D eigenvalue weighted by Crippen LogP contribution is -2.38. The molecule has 0 aliphatic carbocycles. The van der Waals surface area contributed by atoms with Crippen molar-refractivity contribution in [2.75, 3.05) is 6.61 Å². The van der Waals surface area contributed by atoms with Crippen molar-refractivity contribution in [2.24, 2.45) is 5.73 Å². The smallest absolute Gasteiger partial charge is 0.182 e. The molecule has 0 unspecified atom stereocenters. The number of hydrogen-bond donors (Lipinski definition) is 1. The Labute approximate surface area is 83.3 Å². The van der Waals surface area contributed by atoms with Crippen LogP contribution in [0.2, 0.25) is 0 Å². The average molecular weight is 191 g/mol. The average Bonchev–Trinajstić information content (AvgIpc) is 2.14. The van der Waals surface area contributed by atoms with Gasteiger partial charge in [-0.05, 0) is 26.0 Å². The second-order valence-electron chi connectivity index (χ2n) is 3.74. The molecule has 0 atom stereocenters. The SMILES string of the molecule is CC(C)(N)COc1cccnc1C#N. The summed E-state index contributed by atoms with van der Waals surface area (Å²) in [5.74, 6) is 0.480. The standard InChI is InChI=1S/C10H13N3O/c1-10(2,12)7-14-9-4-3-5-13-8(9)6-11/h3-5H,7,12H2,1-2H3. The van der Waals surface area contributed by atoms with Gasteiger partial charge in [0.05, 0.1) is 0 Å². The van der Waals surface area contributed by atoms with E-state index in [4.69, 9.17) is 15.7 Å². The van der Waals surface area contributed by atoms with E-state index in [-0.39, 0.29) is 5.69 Å². The summed E-state index contributed by atoms with van der Waals surface area (Å²) >= 11 is 0. The molecule has 0 spiro atoms. The van der Waals surface area contributed by atoms with E-state index in [9.17, 15) is 0 Å². The first-order valence-electron chi connectivity index (χ1n) is 4.30. The molecule has 0 fully saturated rings. The molecule has 4 heteroatoms. The van der Waals surface area contributed by atoms with Crippen LogP contribution in [0.3, 0.4) is 0 Å². The zero-order chi connectivity index (χ0) is 10.6. The normalized spacial score (nSPS) is 10.7. The number of pyridine rings is 1. The molecule has 4 nitrogen and oxygen atoms in total. The quantitative estimate of drug-likeness (QED) is 0.775. The third-order valence-corrected chi connectivity index (χ3v) is 1.48. The highest BCUT2D eigenvalue weighted by Crippen LogP contribution is 2.15. The maximum Gasteiger partial charge on any atom is 0.182 e. The molecule has 0 aromatic carbocycles. The van der Waals surface area contributed by atoms with E-state index in [1.165, 1.54) is 0 Å². The number of nitriles is 1. The van der Waals surface area contributed by atoms with Gasteiger partial charge in [0.1, 0.15) is 12.7 Å². The first-order chi connectivity index (χ1) is 6.53. The summed E-state index contributed by atoms with van der Waals surface area (Å²) in [7, 11) is 0. The molecule has 1 aromatic heterocycles. The molecule has 0 saturated carbocycles. The Morgan fingerprint density at radius 2 is 2.36 bits per heavy atom. The summed E-state index contributed by atoms with van der Waals surface area (Å²) in [4.78, 5) is 3.87. The number of nitrogens with two attached hydrogens (primary N) is 1. The van der Waals surface area contributed by atoms with Gasteiger partial charge >= 0.3 is 0 Å². The summed E-state index contributed by atoms with van der Waals surface area (Å²) in [6, 6.07) is 5.38. The van der Waals surface area contributed by atoms with Crippen LogP contribution >= 0.6 is 0 Å². The van der Waals surface area contributed by atoms with Crippen LogP contribution in [0, 0.1) is 11.3 Å². The van der Waals surface area contributed by atoms with Crippen molar-refractivity contribution in [3.05, 3.63) is 24.0 Å². The molecule has 0 saturated heterocycles. The molecule has 0 bridgehead atoms. The monoisotopic (exact) mass is 191 g/mol. The third kappa shape index (κ3) is 3.04. The van der Waals surface area contributed by atoms with Gasteiger partial charge in [0, 0.05) is 11.7 Å². The largest absolute Gasteiger partial charge is 0.489 e. The summed E-state index contributed by atoms with van der Waals surface area (Å²) in [6.07, 6.45) is 1.55. The van der Waals surface area contributed by atoms with Crippen molar-refractivity contribution in [1.82, 2.24) is 4.98 Å². The van der Waals surface area contributed by atoms with Gasteiger partial charge in [-0.3, -0.25) is 0 Å². The summed E-state index contributed by atoms with van der Waals surface area (Å²) < 4.78 is 5.38. The summed E-state index contributed by atoms with van der Waals surface area (Å²) in [5, 5.41) is 8.72. The fourth-order valence-electron chi connectivity index (χ4n) is 0.855. The molecule has 2 N–H and O–H groups in total.